The molecule has 1 aromatic carbocycles. The van der Waals surface area contributed by atoms with E-state index in [4.69, 9.17) is 0 Å². The van der Waals surface area contributed by atoms with E-state index in [1.807, 2.05) is 31.2 Å². The minimum Gasteiger partial charge on any atom is -0.335 e. The van der Waals surface area contributed by atoms with Crippen molar-refractivity contribution in [3.63, 3.8) is 0 Å². The van der Waals surface area contributed by atoms with Crippen LogP contribution in [0, 0.1) is 0 Å². The fourth-order valence-electron chi connectivity index (χ4n) is 2.06. The van der Waals surface area contributed by atoms with Crippen molar-refractivity contribution < 1.29 is 9.59 Å². The highest BCUT2D eigenvalue weighted by Gasteiger charge is 2.27. The van der Waals surface area contributed by atoms with Gasteiger partial charge in [0.2, 0.25) is 5.91 Å². The van der Waals surface area contributed by atoms with Crippen LogP contribution in [0.3, 0.4) is 0 Å². The summed E-state index contributed by atoms with van der Waals surface area (Å²) in [5.41, 5.74) is 1.09. The Bertz CT molecular complexity index is 441. The van der Waals surface area contributed by atoms with Crippen LogP contribution in [0.1, 0.15) is 31.4 Å². The van der Waals surface area contributed by atoms with Crippen LogP contribution < -0.4 is 0 Å². The highest BCUT2D eigenvalue weighted by Crippen LogP contribution is 2.25. The van der Waals surface area contributed by atoms with Crippen LogP contribution in [-0.2, 0) is 9.59 Å². The molecule has 1 aromatic rings. The predicted molar refractivity (Wildman–Crippen MR) is 68.5 cm³/mol. The van der Waals surface area contributed by atoms with E-state index in [2.05, 4.69) is 15.9 Å². The van der Waals surface area contributed by atoms with Gasteiger partial charge in [0.15, 0.2) is 0 Å². The summed E-state index contributed by atoms with van der Waals surface area (Å²) in [6.45, 7) is 2.53. The first-order valence-corrected chi connectivity index (χ1v) is 6.44. The van der Waals surface area contributed by atoms with Crippen LogP contribution in [0.2, 0.25) is 0 Å². The summed E-state index contributed by atoms with van der Waals surface area (Å²) in [5, 5.41) is 0. The third-order valence-corrected chi connectivity index (χ3v) is 3.65. The van der Waals surface area contributed by atoms with Gasteiger partial charge in [-0.2, -0.15) is 0 Å². The molecule has 1 amide bonds. The maximum atomic E-state index is 11.8. The molecular weight excluding hydrogens is 282 g/mol. The maximum Gasteiger partial charge on any atom is 0.230 e. The number of hydrogen-bond acceptors (Lipinski definition) is 2. The topological polar surface area (TPSA) is 37.4 Å². The Morgan fingerprint density at radius 1 is 1.24 bits per heavy atom. The van der Waals surface area contributed by atoms with Crippen molar-refractivity contribution in [2.24, 2.45) is 0 Å². The van der Waals surface area contributed by atoms with E-state index in [1.54, 1.807) is 4.90 Å². The summed E-state index contributed by atoms with van der Waals surface area (Å²) >= 11 is 3.39. The van der Waals surface area contributed by atoms with Crippen molar-refractivity contribution in [2.75, 3.05) is 6.54 Å². The molecule has 1 aliphatic heterocycles. The molecule has 3 nitrogen and oxygen atoms in total. The first-order chi connectivity index (χ1) is 8.08. The van der Waals surface area contributed by atoms with Crippen molar-refractivity contribution in [1.82, 2.24) is 4.90 Å². The molecule has 0 saturated carbocycles. The number of benzene rings is 1. The molecule has 0 aliphatic carbocycles. The molecule has 0 radical (unpaired) electrons. The number of carbonyl (C=O) groups excluding carboxylic acids is 2. The monoisotopic (exact) mass is 295 g/mol. The van der Waals surface area contributed by atoms with E-state index >= 15 is 0 Å². The zero-order valence-corrected chi connectivity index (χ0v) is 11.2. The summed E-state index contributed by atoms with van der Waals surface area (Å²) in [4.78, 5) is 24.7. The average Bonchev–Trinajstić information content (AvgIpc) is 2.29. The molecule has 4 heteroatoms. The Morgan fingerprint density at radius 2 is 1.88 bits per heavy atom. The number of likely N-dealkylation sites (tertiary alicyclic amines) is 1. The molecule has 2 rings (SSSR count). The van der Waals surface area contributed by atoms with Crippen LogP contribution in [-0.4, -0.2) is 23.1 Å². The Balaban J connectivity index is 2.14. The van der Waals surface area contributed by atoms with E-state index in [9.17, 15) is 9.59 Å². The normalized spacial score (nSPS) is 18.4. The van der Waals surface area contributed by atoms with Gasteiger partial charge in [0, 0.05) is 17.4 Å². The largest absolute Gasteiger partial charge is 0.335 e. The highest BCUT2D eigenvalue weighted by atomic mass is 79.9. The van der Waals surface area contributed by atoms with Crippen molar-refractivity contribution in [2.45, 2.75) is 25.8 Å². The Labute approximate surface area is 109 Å². The second-order valence-electron chi connectivity index (χ2n) is 4.28. The number of amides is 1. The van der Waals surface area contributed by atoms with Gasteiger partial charge in [-0.25, -0.2) is 0 Å². The lowest BCUT2D eigenvalue weighted by molar-refractivity contribution is -0.141. The van der Waals surface area contributed by atoms with E-state index in [0.717, 1.165) is 10.0 Å². The van der Waals surface area contributed by atoms with Crippen molar-refractivity contribution in [3.8, 4) is 0 Å². The van der Waals surface area contributed by atoms with Crippen molar-refractivity contribution in [1.29, 1.82) is 0 Å². The molecular formula is C13H14BrNO2. The van der Waals surface area contributed by atoms with E-state index in [0.29, 0.717) is 13.0 Å². The molecule has 1 saturated heterocycles. The fourth-order valence-corrected chi connectivity index (χ4v) is 2.32. The van der Waals surface area contributed by atoms with E-state index in [-0.39, 0.29) is 24.2 Å². The third kappa shape index (κ3) is 2.75. The zero-order valence-electron chi connectivity index (χ0n) is 9.65. The minimum absolute atomic E-state index is 0.0312. The third-order valence-electron chi connectivity index (χ3n) is 3.12. The summed E-state index contributed by atoms with van der Waals surface area (Å²) in [7, 11) is 0. The van der Waals surface area contributed by atoms with Gasteiger partial charge in [0.1, 0.15) is 5.78 Å². The quantitative estimate of drug-likeness (QED) is 0.787. The molecule has 0 aromatic heterocycles. The number of nitrogens with zero attached hydrogens (tertiary/aromatic N) is 1. The number of halogens is 1. The van der Waals surface area contributed by atoms with Gasteiger partial charge in [-0.05, 0) is 24.6 Å². The standard InChI is InChI=1S/C13H14BrNO2/c1-9(10-2-4-11(14)5-3-10)15-7-6-12(16)8-13(15)17/h2-5,9H,6-8H2,1H3. The number of piperidine rings is 1. The molecule has 1 unspecified atom stereocenters. The lowest BCUT2D eigenvalue weighted by Gasteiger charge is -2.32. The molecule has 1 atom stereocenters. The maximum absolute atomic E-state index is 11.8. The second-order valence-corrected chi connectivity index (χ2v) is 5.20. The second kappa shape index (κ2) is 5.00. The fraction of sp³-hybridized carbons (Fsp3) is 0.385. The zero-order chi connectivity index (χ0) is 12.4. The molecule has 0 spiro atoms. The summed E-state index contributed by atoms with van der Waals surface area (Å²) in [6, 6.07) is 7.96. The first kappa shape index (κ1) is 12.3. The molecule has 1 aliphatic rings. The van der Waals surface area contributed by atoms with E-state index in [1.165, 1.54) is 0 Å². The molecule has 17 heavy (non-hydrogen) atoms. The lowest BCUT2D eigenvalue weighted by Crippen LogP contribution is -2.40. The molecule has 1 fully saturated rings. The van der Waals surface area contributed by atoms with Crippen LogP contribution in [0.5, 0.6) is 0 Å². The smallest absolute Gasteiger partial charge is 0.230 e. The van der Waals surface area contributed by atoms with Gasteiger partial charge in [0.25, 0.3) is 0 Å². The van der Waals surface area contributed by atoms with Crippen LogP contribution >= 0.6 is 15.9 Å². The highest BCUT2D eigenvalue weighted by molar-refractivity contribution is 9.10. The lowest BCUT2D eigenvalue weighted by atomic mass is 10.0. The number of hydrogen-bond donors (Lipinski definition) is 0. The average molecular weight is 296 g/mol. The number of Topliss-reactive ketones (excluding diaryl/α,β-unsaturated/α-hetero) is 1. The van der Waals surface area contributed by atoms with Gasteiger partial charge in [0.05, 0.1) is 12.5 Å². The Hall–Kier alpha value is -1.16. The van der Waals surface area contributed by atoms with Gasteiger partial charge in [-0.3, -0.25) is 9.59 Å². The number of ketones is 1. The van der Waals surface area contributed by atoms with Crippen LogP contribution in [0.4, 0.5) is 0 Å². The van der Waals surface area contributed by atoms with Crippen molar-refractivity contribution >= 4 is 27.6 Å². The van der Waals surface area contributed by atoms with Crippen LogP contribution in [0.25, 0.3) is 0 Å². The molecule has 90 valence electrons. The van der Waals surface area contributed by atoms with E-state index < -0.39 is 0 Å². The van der Waals surface area contributed by atoms with Gasteiger partial charge >= 0.3 is 0 Å². The first-order valence-electron chi connectivity index (χ1n) is 5.64. The number of rotatable bonds is 2. The number of carbonyl (C=O) groups is 2. The summed E-state index contributed by atoms with van der Waals surface area (Å²) in [6.07, 6.45) is 0.535. The SMILES string of the molecule is CC(c1ccc(Br)cc1)N1CCC(=O)CC1=O. The molecule has 0 bridgehead atoms. The molecule has 0 N–H and O–H groups in total. The molecule has 1 heterocycles. The van der Waals surface area contributed by atoms with Crippen LogP contribution in [0.15, 0.2) is 28.7 Å². The Kier molecular flexibility index (Phi) is 3.62. The minimum atomic E-state index is -0.0586. The van der Waals surface area contributed by atoms with Crippen molar-refractivity contribution in [3.05, 3.63) is 34.3 Å². The predicted octanol–water partition coefficient (Wildman–Crippen LogP) is 2.70. The van der Waals surface area contributed by atoms with Gasteiger partial charge in [-0.1, -0.05) is 28.1 Å². The summed E-state index contributed by atoms with van der Waals surface area (Å²) in [5.74, 6) is -0.00840. The van der Waals surface area contributed by atoms with Gasteiger partial charge in [-0.15, -0.1) is 0 Å². The van der Waals surface area contributed by atoms with Gasteiger partial charge < -0.3 is 4.90 Å². The Morgan fingerprint density at radius 3 is 2.47 bits per heavy atom. The summed E-state index contributed by atoms with van der Waals surface area (Å²) < 4.78 is 1.02.